The van der Waals surface area contributed by atoms with Crippen molar-refractivity contribution in [2.75, 3.05) is 5.32 Å². The molecule has 2 aromatic carbocycles. The number of carbonyl (C=O) groups excluding carboxylic acids is 1. The van der Waals surface area contributed by atoms with Gasteiger partial charge in [0, 0.05) is 17.5 Å². The number of nitrogens with zero attached hydrogens (tertiary/aromatic N) is 1. The van der Waals surface area contributed by atoms with E-state index < -0.39 is 39.3 Å². The fourth-order valence-electron chi connectivity index (χ4n) is 2.21. The molecule has 0 atom stereocenters. The average Bonchev–Trinajstić information content (AvgIpc) is 2.55. The molecule has 3 rings (SSSR count). The van der Waals surface area contributed by atoms with Gasteiger partial charge in [-0.25, -0.2) is 13.6 Å². The Morgan fingerprint density at radius 1 is 1.12 bits per heavy atom. The number of non-ortho nitro benzene ring substituents is 1. The molecule has 1 heterocycles. The van der Waals surface area contributed by atoms with E-state index in [2.05, 4.69) is 5.32 Å². The molecule has 1 N–H and O–H groups in total. The van der Waals surface area contributed by atoms with Crippen molar-refractivity contribution in [1.82, 2.24) is 0 Å². The van der Waals surface area contributed by atoms with Crippen LogP contribution < -0.4 is 10.9 Å². The smallest absolute Gasteiger partial charge is 0.360 e. The number of nitro groups is 1. The molecule has 0 saturated carbocycles. The Bertz CT molecular complexity index is 1060. The SMILES string of the molecule is O=C(Nc1cc2cc([N+](=O)[O-])ccc2oc1=O)c1c(F)cccc1F. The second-order valence-electron chi connectivity index (χ2n) is 4.98. The molecule has 0 radical (unpaired) electrons. The predicted molar refractivity (Wildman–Crippen MR) is 83.4 cm³/mol. The first-order valence-corrected chi connectivity index (χ1v) is 6.84. The zero-order valence-electron chi connectivity index (χ0n) is 12.3. The fourth-order valence-corrected chi connectivity index (χ4v) is 2.21. The lowest BCUT2D eigenvalue weighted by Gasteiger charge is -2.07. The number of nitrogens with one attached hydrogen (secondary N) is 1. The third kappa shape index (κ3) is 3.07. The minimum atomic E-state index is -1.19. The van der Waals surface area contributed by atoms with Crippen LogP contribution in [0.4, 0.5) is 20.2 Å². The van der Waals surface area contributed by atoms with E-state index in [9.17, 15) is 28.5 Å². The highest BCUT2D eigenvalue weighted by Crippen LogP contribution is 2.22. The molecular formula is C16H8F2N2O5. The zero-order valence-corrected chi connectivity index (χ0v) is 12.3. The number of hydrogen-bond acceptors (Lipinski definition) is 5. The van der Waals surface area contributed by atoms with Crippen molar-refractivity contribution in [3.63, 3.8) is 0 Å². The first-order valence-electron chi connectivity index (χ1n) is 6.84. The number of fused-ring (bicyclic) bond motifs is 1. The van der Waals surface area contributed by atoms with Crippen molar-refractivity contribution in [2.24, 2.45) is 0 Å². The van der Waals surface area contributed by atoms with Crippen molar-refractivity contribution >= 4 is 28.3 Å². The van der Waals surface area contributed by atoms with Crippen LogP contribution in [0.15, 0.2) is 51.7 Å². The van der Waals surface area contributed by atoms with E-state index in [0.717, 1.165) is 36.4 Å². The van der Waals surface area contributed by atoms with Crippen LogP contribution in [0, 0.1) is 21.7 Å². The summed E-state index contributed by atoms with van der Waals surface area (Å²) in [6.07, 6.45) is 0. The molecule has 1 amide bonds. The Morgan fingerprint density at radius 2 is 1.80 bits per heavy atom. The van der Waals surface area contributed by atoms with Gasteiger partial charge in [0.25, 0.3) is 11.6 Å². The summed E-state index contributed by atoms with van der Waals surface area (Å²) in [5, 5.41) is 13.0. The highest BCUT2D eigenvalue weighted by atomic mass is 19.1. The van der Waals surface area contributed by atoms with E-state index >= 15 is 0 Å². The summed E-state index contributed by atoms with van der Waals surface area (Å²) >= 11 is 0. The van der Waals surface area contributed by atoms with Gasteiger partial charge in [0.15, 0.2) is 0 Å². The van der Waals surface area contributed by atoms with E-state index in [0.29, 0.717) is 0 Å². The van der Waals surface area contributed by atoms with E-state index in [1.54, 1.807) is 0 Å². The maximum Gasteiger partial charge on any atom is 0.360 e. The third-order valence-electron chi connectivity index (χ3n) is 3.36. The molecule has 0 spiro atoms. The maximum atomic E-state index is 13.6. The monoisotopic (exact) mass is 346 g/mol. The zero-order chi connectivity index (χ0) is 18.1. The molecule has 7 nitrogen and oxygen atoms in total. The molecule has 0 aliphatic rings. The average molecular weight is 346 g/mol. The van der Waals surface area contributed by atoms with E-state index in [4.69, 9.17) is 4.42 Å². The molecule has 1 aromatic heterocycles. The minimum absolute atomic E-state index is 0.0608. The number of benzene rings is 2. The van der Waals surface area contributed by atoms with Gasteiger partial charge < -0.3 is 9.73 Å². The van der Waals surface area contributed by atoms with Gasteiger partial charge >= 0.3 is 5.63 Å². The number of nitro benzene ring substituents is 1. The van der Waals surface area contributed by atoms with Gasteiger partial charge in [-0.1, -0.05) is 6.07 Å². The minimum Gasteiger partial charge on any atom is -0.421 e. The second-order valence-corrected chi connectivity index (χ2v) is 4.98. The highest BCUT2D eigenvalue weighted by molar-refractivity contribution is 6.05. The van der Waals surface area contributed by atoms with Gasteiger partial charge in [-0.05, 0) is 24.3 Å². The summed E-state index contributed by atoms with van der Waals surface area (Å²) in [6.45, 7) is 0. The van der Waals surface area contributed by atoms with Crippen molar-refractivity contribution < 1.29 is 22.9 Å². The van der Waals surface area contributed by atoms with Crippen LogP contribution in [-0.4, -0.2) is 10.8 Å². The van der Waals surface area contributed by atoms with Crippen molar-refractivity contribution in [2.45, 2.75) is 0 Å². The second kappa shape index (κ2) is 6.11. The standard InChI is InChI=1S/C16H8F2N2O5/c17-10-2-1-3-11(18)14(10)15(21)19-12-7-8-6-9(20(23)24)4-5-13(8)25-16(12)22/h1-7H,(H,19,21). The van der Waals surface area contributed by atoms with Crippen LogP contribution in [0.25, 0.3) is 11.0 Å². The van der Waals surface area contributed by atoms with Gasteiger partial charge in [0.2, 0.25) is 0 Å². The fraction of sp³-hybridized carbons (Fsp3) is 0. The Balaban J connectivity index is 2.03. The number of carbonyl (C=O) groups is 1. The molecule has 25 heavy (non-hydrogen) atoms. The number of hydrogen-bond donors (Lipinski definition) is 1. The van der Waals surface area contributed by atoms with Gasteiger partial charge in [-0.15, -0.1) is 0 Å². The Labute approximate surface area is 137 Å². The van der Waals surface area contributed by atoms with Crippen molar-refractivity contribution in [1.29, 1.82) is 0 Å². The van der Waals surface area contributed by atoms with E-state index in [1.165, 1.54) is 6.07 Å². The molecule has 9 heteroatoms. The number of rotatable bonds is 3. The summed E-state index contributed by atoms with van der Waals surface area (Å²) < 4.78 is 32.2. The molecule has 0 unspecified atom stereocenters. The quantitative estimate of drug-likeness (QED) is 0.445. The maximum absolute atomic E-state index is 13.6. The van der Waals surface area contributed by atoms with Crippen molar-refractivity contribution in [3.05, 3.63) is 80.2 Å². The van der Waals surface area contributed by atoms with Crippen LogP contribution >= 0.6 is 0 Å². The molecule has 0 bridgehead atoms. The summed E-state index contributed by atoms with van der Waals surface area (Å²) in [4.78, 5) is 34.1. The van der Waals surface area contributed by atoms with Crippen LogP contribution in [0.5, 0.6) is 0 Å². The molecule has 0 aliphatic carbocycles. The molecule has 0 saturated heterocycles. The summed E-state index contributed by atoms with van der Waals surface area (Å²) in [5.74, 6) is -3.38. The normalized spacial score (nSPS) is 10.6. The molecule has 0 aliphatic heterocycles. The van der Waals surface area contributed by atoms with Crippen LogP contribution in [-0.2, 0) is 0 Å². The summed E-state index contributed by atoms with van der Waals surface area (Å²) in [6, 6.07) is 7.52. The van der Waals surface area contributed by atoms with Gasteiger partial charge in [0.05, 0.1) is 4.92 Å². The summed E-state index contributed by atoms with van der Waals surface area (Å²) in [5.41, 5.74) is -2.42. The Hall–Kier alpha value is -3.62. The predicted octanol–water partition coefficient (Wildman–Crippen LogP) is 3.23. The first kappa shape index (κ1) is 16.2. The van der Waals surface area contributed by atoms with Gasteiger partial charge in [-0.3, -0.25) is 14.9 Å². The number of amides is 1. The summed E-state index contributed by atoms with van der Waals surface area (Å²) in [7, 11) is 0. The highest BCUT2D eigenvalue weighted by Gasteiger charge is 2.19. The number of halogens is 2. The Kier molecular flexibility index (Phi) is 3.97. The lowest BCUT2D eigenvalue weighted by Crippen LogP contribution is -2.20. The first-order chi connectivity index (χ1) is 11.9. The lowest BCUT2D eigenvalue weighted by molar-refractivity contribution is -0.384. The largest absolute Gasteiger partial charge is 0.421 e. The molecule has 0 fully saturated rings. The molecular weight excluding hydrogens is 338 g/mol. The van der Waals surface area contributed by atoms with Gasteiger partial charge in [-0.2, -0.15) is 0 Å². The van der Waals surface area contributed by atoms with Crippen molar-refractivity contribution in [3.8, 4) is 0 Å². The van der Waals surface area contributed by atoms with Gasteiger partial charge in [0.1, 0.15) is 28.5 Å². The number of anilines is 1. The van der Waals surface area contributed by atoms with E-state index in [-0.39, 0.29) is 16.7 Å². The van der Waals surface area contributed by atoms with E-state index in [1.807, 2.05) is 0 Å². The topological polar surface area (TPSA) is 102 Å². The Morgan fingerprint density at radius 3 is 2.44 bits per heavy atom. The molecule has 3 aromatic rings. The van der Waals surface area contributed by atoms with Crippen LogP contribution in [0.1, 0.15) is 10.4 Å². The third-order valence-corrected chi connectivity index (χ3v) is 3.36. The van der Waals surface area contributed by atoms with Crippen LogP contribution in [0.2, 0.25) is 0 Å². The lowest BCUT2D eigenvalue weighted by atomic mass is 10.1. The van der Waals surface area contributed by atoms with Crippen LogP contribution in [0.3, 0.4) is 0 Å². The molecule has 126 valence electrons.